The van der Waals surface area contributed by atoms with Gasteiger partial charge in [-0.15, -0.1) is 0 Å². The van der Waals surface area contributed by atoms with Crippen molar-refractivity contribution in [2.45, 2.75) is 18.9 Å². The fourth-order valence-corrected chi connectivity index (χ4v) is 1.78. The molecule has 0 amide bonds. The maximum absolute atomic E-state index is 10.6. The van der Waals surface area contributed by atoms with Crippen molar-refractivity contribution in [3.63, 3.8) is 0 Å². The SMILES string of the molecule is CN(CCNc1ccc([N+](=O)[O-])c(N)n1)C1CC1. The van der Waals surface area contributed by atoms with Crippen LogP contribution in [0.15, 0.2) is 12.1 Å². The van der Waals surface area contributed by atoms with Gasteiger partial charge in [-0.2, -0.15) is 0 Å². The first-order valence-electron chi connectivity index (χ1n) is 5.93. The summed E-state index contributed by atoms with van der Waals surface area (Å²) in [6.45, 7) is 1.67. The molecule has 3 N–H and O–H groups in total. The number of nitrogens with one attached hydrogen (secondary N) is 1. The minimum atomic E-state index is -0.535. The summed E-state index contributed by atoms with van der Waals surface area (Å²) in [7, 11) is 2.09. The summed E-state index contributed by atoms with van der Waals surface area (Å²) < 4.78 is 0. The zero-order chi connectivity index (χ0) is 13.1. The number of anilines is 2. The average molecular weight is 251 g/mol. The van der Waals surface area contributed by atoms with Gasteiger partial charge in [-0.05, 0) is 26.0 Å². The standard InChI is InChI=1S/C11H17N5O2/c1-15(8-2-3-8)7-6-13-10-5-4-9(16(17)18)11(12)14-10/h4-5,8H,2-3,6-7H2,1H3,(H3,12,13,14). The molecular formula is C11H17N5O2. The number of pyridine rings is 1. The first-order valence-corrected chi connectivity index (χ1v) is 5.93. The van der Waals surface area contributed by atoms with Crippen LogP contribution in [0.4, 0.5) is 17.3 Å². The molecule has 7 nitrogen and oxygen atoms in total. The Labute approximate surface area is 105 Å². The summed E-state index contributed by atoms with van der Waals surface area (Å²) in [6, 6.07) is 3.67. The minimum absolute atomic E-state index is 0.0550. The van der Waals surface area contributed by atoms with Gasteiger partial charge in [0.2, 0.25) is 5.82 Å². The first-order chi connectivity index (χ1) is 8.58. The molecule has 1 heterocycles. The molecular weight excluding hydrogens is 234 g/mol. The Morgan fingerprint density at radius 3 is 2.89 bits per heavy atom. The largest absolute Gasteiger partial charge is 0.378 e. The van der Waals surface area contributed by atoms with E-state index in [1.54, 1.807) is 6.07 Å². The number of nitrogens with zero attached hydrogens (tertiary/aromatic N) is 3. The normalized spacial score (nSPS) is 14.8. The Kier molecular flexibility index (Phi) is 3.61. The van der Waals surface area contributed by atoms with E-state index in [1.807, 2.05) is 0 Å². The molecule has 2 rings (SSSR count). The van der Waals surface area contributed by atoms with Crippen LogP contribution < -0.4 is 11.1 Å². The molecule has 1 aliphatic carbocycles. The molecule has 7 heteroatoms. The van der Waals surface area contributed by atoms with Crippen molar-refractivity contribution in [3.8, 4) is 0 Å². The molecule has 98 valence electrons. The van der Waals surface area contributed by atoms with Gasteiger partial charge in [-0.25, -0.2) is 4.98 Å². The summed E-state index contributed by atoms with van der Waals surface area (Å²) in [5.74, 6) is 0.517. The number of likely N-dealkylation sites (N-methyl/N-ethyl adjacent to an activating group) is 1. The van der Waals surface area contributed by atoms with Crippen LogP contribution in [0, 0.1) is 10.1 Å². The molecule has 1 aromatic heterocycles. The Balaban J connectivity index is 1.85. The maximum atomic E-state index is 10.6. The minimum Gasteiger partial charge on any atom is -0.378 e. The summed E-state index contributed by atoms with van der Waals surface area (Å²) in [5, 5.41) is 13.7. The predicted octanol–water partition coefficient (Wildman–Crippen LogP) is 1.08. The molecule has 0 bridgehead atoms. The van der Waals surface area contributed by atoms with Crippen molar-refractivity contribution in [2.24, 2.45) is 0 Å². The van der Waals surface area contributed by atoms with Crippen LogP contribution in [0.2, 0.25) is 0 Å². The number of nitrogens with two attached hydrogens (primary N) is 1. The topological polar surface area (TPSA) is 97.3 Å². The van der Waals surface area contributed by atoms with Crippen LogP contribution in [-0.2, 0) is 0 Å². The molecule has 1 fully saturated rings. The lowest BCUT2D eigenvalue weighted by Gasteiger charge is -2.15. The van der Waals surface area contributed by atoms with E-state index in [0.717, 1.165) is 19.1 Å². The fraction of sp³-hybridized carbons (Fsp3) is 0.545. The molecule has 0 atom stereocenters. The summed E-state index contributed by atoms with van der Waals surface area (Å²) in [5.41, 5.74) is 5.35. The predicted molar refractivity (Wildman–Crippen MR) is 69.4 cm³/mol. The highest BCUT2D eigenvalue weighted by Gasteiger charge is 2.25. The fourth-order valence-electron chi connectivity index (χ4n) is 1.78. The van der Waals surface area contributed by atoms with E-state index in [0.29, 0.717) is 5.82 Å². The van der Waals surface area contributed by atoms with Gasteiger partial charge in [0.1, 0.15) is 5.82 Å². The van der Waals surface area contributed by atoms with Crippen molar-refractivity contribution in [1.29, 1.82) is 0 Å². The van der Waals surface area contributed by atoms with Gasteiger partial charge in [0.05, 0.1) is 4.92 Å². The van der Waals surface area contributed by atoms with E-state index < -0.39 is 4.92 Å². The molecule has 0 radical (unpaired) electrons. The van der Waals surface area contributed by atoms with Gasteiger partial charge in [0, 0.05) is 25.2 Å². The monoisotopic (exact) mass is 251 g/mol. The molecule has 0 aliphatic heterocycles. The molecule has 0 spiro atoms. The Morgan fingerprint density at radius 1 is 1.61 bits per heavy atom. The number of nitro groups is 1. The van der Waals surface area contributed by atoms with Gasteiger partial charge in [-0.3, -0.25) is 10.1 Å². The summed E-state index contributed by atoms with van der Waals surface area (Å²) in [6.07, 6.45) is 2.55. The van der Waals surface area contributed by atoms with Crippen LogP contribution in [0.1, 0.15) is 12.8 Å². The second-order valence-corrected chi connectivity index (χ2v) is 4.50. The number of hydrogen-bond donors (Lipinski definition) is 2. The third-order valence-corrected chi connectivity index (χ3v) is 3.04. The number of nitrogen functional groups attached to an aromatic ring is 1. The Bertz CT molecular complexity index is 447. The lowest BCUT2D eigenvalue weighted by atomic mass is 10.3. The van der Waals surface area contributed by atoms with Crippen molar-refractivity contribution < 1.29 is 4.92 Å². The van der Waals surface area contributed by atoms with Gasteiger partial charge < -0.3 is 16.0 Å². The zero-order valence-electron chi connectivity index (χ0n) is 10.3. The van der Waals surface area contributed by atoms with Crippen molar-refractivity contribution >= 4 is 17.3 Å². The van der Waals surface area contributed by atoms with Gasteiger partial charge >= 0.3 is 5.69 Å². The molecule has 1 aromatic rings. The molecule has 1 aliphatic rings. The smallest absolute Gasteiger partial charge is 0.311 e. The van der Waals surface area contributed by atoms with Gasteiger partial charge in [0.25, 0.3) is 0 Å². The number of rotatable bonds is 6. The average Bonchev–Trinajstić information content (AvgIpc) is 3.12. The van der Waals surface area contributed by atoms with E-state index in [4.69, 9.17) is 5.73 Å². The van der Waals surface area contributed by atoms with Crippen molar-refractivity contribution in [2.75, 3.05) is 31.2 Å². The lowest BCUT2D eigenvalue weighted by molar-refractivity contribution is -0.384. The van der Waals surface area contributed by atoms with E-state index in [-0.39, 0.29) is 11.5 Å². The summed E-state index contributed by atoms with van der Waals surface area (Å²) in [4.78, 5) is 16.3. The van der Waals surface area contributed by atoms with E-state index in [9.17, 15) is 10.1 Å². The van der Waals surface area contributed by atoms with Gasteiger partial charge in [-0.1, -0.05) is 0 Å². The highest BCUT2D eigenvalue weighted by atomic mass is 16.6. The van der Waals surface area contributed by atoms with Crippen molar-refractivity contribution in [3.05, 3.63) is 22.2 Å². The second-order valence-electron chi connectivity index (χ2n) is 4.50. The van der Waals surface area contributed by atoms with Crippen LogP contribution in [0.25, 0.3) is 0 Å². The molecule has 0 saturated heterocycles. The van der Waals surface area contributed by atoms with Gasteiger partial charge in [0.15, 0.2) is 0 Å². The first kappa shape index (κ1) is 12.6. The maximum Gasteiger partial charge on any atom is 0.311 e. The number of hydrogen-bond acceptors (Lipinski definition) is 6. The summed E-state index contributed by atoms with van der Waals surface area (Å²) >= 11 is 0. The lowest BCUT2D eigenvalue weighted by Crippen LogP contribution is -2.27. The van der Waals surface area contributed by atoms with E-state index in [2.05, 4.69) is 22.2 Å². The van der Waals surface area contributed by atoms with E-state index >= 15 is 0 Å². The van der Waals surface area contributed by atoms with E-state index in [1.165, 1.54) is 18.9 Å². The van der Waals surface area contributed by atoms with Crippen molar-refractivity contribution in [1.82, 2.24) is 9.88 Å². The third kappa shape index (κ3) is 3.07. The Morgan fingerprint density at radius 2 is 2.33 bits per heavy atom. The Hall–Kier alpha value is -1.89. The highest BCUT2D eigenvalue weighted by molar-refractivity contribution is 5.57. The number of aromatic nitrogens is 1. The second kappa shape index (κ2) is 5.18. The highest BCUT2D eigenvalue weighted by Crippen LogP contribution is 2.25. The third-order valence-electron chi connectivity index (χ3n) is 3.04. The van der Waals surface area contributed by atoms with Crippen LogP contribution in [0.5, 0.6) is 0 Å². The van der Waals surface area contributed by atoms with Crippen LogP contribution in [-0.4, -0.2) is 41.0 Å². The van der Waals surface area contributed by atoms with Crippen LogP contribution in [0.3, 0.4) is 0 Å². The molecule has 1 saturated carbocycles. The van der Waals surface area contributed by atoms with Crippen LogP contribution >= 0.6 is 0 Å². The molecule has 0 aromatic carbocycles. The zero-order valence-corrected chi connectivity index (χ0v) is 10.3. The molecule has 0 unspecified atom stereocenters. The molecule has 18 heavy (non-hydrogen) atoms. The quantitative estimate of drug-likeness (QED) is 0.580.